The number of aromatic nitrogens is 2. The van der Waals surface area contributed by atoms with Crippen LogP contribution in [0.5, 0.6) is 0 Å². The zero-order chi connectivity index (χ0) is 17.2. The molecule has 0 aliphatic carbocycles. The molecule has 2 aromatic heterocycles. The Morgan fingerprint density at radius 1 is 1.16 bits per heavy atom. The van der Waals surface area contributed by atoms with Gasteiger partial charge in [-0.25, -0.2) is 4.98 Å². The number of rotatable bonds is 4. The molecule has 0 saturated carbocycles. The van der Waals surface area contributed by atoms with E-state index in [1.54, 1.807) is 11.3 Å². The minimum atomic E-state index is 0.489. The summed E-state index contributed by atoms with van der Waals surface area (Å²) in [6.45, 7) is 0.683. The molecule has 0 radical (unpaired) electrons. The first-order valence-corrected chi connectivity index (χ1v) is 9.18. The van der Waals surface area contributed by atoms with Crippen molar-refractivity contribution in [1.29, 1.82) is 5.26 Å². The zero-order valence-electron chi connectivity index (χ0n) is 13.3. The highest BCUT2D eigenvalue weighted by molar-refractivity contribution is 7.13. The van der Waals surface area contributed by atoms with Crippen molar-refractivity contribution in [2.45, 2.75) is 13.0 Å². The van der Waals surface area contributed by atoms with E-state index >= 15 is 0 Å². The fourth-order valence-corrected chi connectivity index (χ4v) is 3.97. The molecular weight excluding hydrogens is 350 g/mol. The number of nitrogens with zero attached hydrogens (tertiary/aromatic N) is 3. The van der Waals surface area contributed by atoms with Gasteiger partial charge in [-0.1, -0.05) is 41.9 Å². The second-order valence-electron chi connectivity index (χ2n) is 5.71. The van der Waals surface area contributed by atoms with Gasteiger partial charge < -0.3 is 4.57 Å². The molecule has 0 bridgehead atoms. The fraction of sp³-hybridized carbons (Fsp3) is 0.100. The summed E-state index contributed by atoms with van der Waals surface area (Å²) < 4.78 is 2.13. The zero-order valence-corrected chi connectivity index (χ0v) is 14.9. The lowest BCUT2D eigenvalue weighted by molar-refractivity contribution is 0.745. The van der Waals surface area contributed by atoms with Gasteiger partial charge in [0.1, 0.15) is 5.01 Å². The maximum absolute atomic E-state index is 8.89. The van der Waals surface area contributed by atoms with E-state index in [1.165, 1.54) is 0 Å². The molecule has 0 saturated heterocycles. The number of fused-ring (bicyclic) bond motifs is 1. The van der Waals surface area contributed by atoms with Crippen LogP contribution in [0, 0.1) is 11.3 Å². The van der Waals surface area contributed by atoms with E-state index in [4.69, 9.17) is 21.8 Å². The van der Waals surface area contributed by atoms with Crippen LogP contribution < -0.4 is 0 Å². The molecule has 2 aromatic carbocycles. The molecule has 0 N–H and O–H groups in total. The number of hydrogen-bond donors (Lipinski definition) is 0. The van der Waals surface area contributed by atoms with Crippen LogP contribution in [0.25, 0.3) is 32.7 Å². The van der Waals surface area contributed by atoms with Crippen molar-refractivity contribution in [2.24, 2.45) is 0 Å². The SMILES string of the molecule is N#CCCn1cc(-c2csc(-c3cccc(Cl)c3)n2)c2ccccc21. The van der Waals surface area contributed by atoms with Gasteiger partial charge in [-0.2, -0.15) is 5.26 Å². The summed E-state index contributed by atoms with van der Waals surface area (Å²) in [5.41, 5.74) is 4.20. The molecule has 0 aliphatic heterocycles. The van der Waals surface area contributed by atoms with Crippen LogP contribution in [0.4, 0.5) is 0 Å². The van der Waals surface area contributed by atoms with Gasteiger partial charge in [-0.15, -0.1) is 11.3 Å². The van der Waals surface area contributed by atoms with E-state index in [0.29, 0.717) is 18.0 Å². The molecule has 5 heteroatoms. The highest BCUT2D eigenvalue weighted by atomic mass is 35.5. The molecule has 122 valence electrons. The van der Waals surface area contributed by atoms with Crippen molar-refractivity contribution >= 4 is 33.8 Å². The second kappa shape index (κ2) is 6.72. The Kier molecular flexibility index (Phi) is 4.27. The van der Waals surface area contributed by atoms with Crippen molar-refractivity contribution < 1.29 is 0 Å². The highest BCUT2D eigenvalue weighted by Gasteiger charge is 2.13. The number of benzene rings is 2. The van der Waals surface area contributed by atoms with E-state index in [-0.39, 0.29) is 0 Å². The summed E-state index contributed by atoms with van der Waals surface area (Å²) in [6, 6.07) is 18.2. The lowest BCUT2D eigenvalue weighted by Crippen LogP contribution is -1.94. The van der Waals surface area contributed by atoms with E-state index in [0.717, 1.165) is 32.7 Å². The van der Waals surface area contributed by atoms with Gasteiger partial charge in [0, 0.05) is 45.2 Å². The van der Waals surface area contributed by atoms with Gasteiger partial charge in [0.2, 0.25) is 0 Å². The summed E-state index contributed by atoms with van der Waals surface area (Å²) in [6.07, 6.45) is 2.59. The standard InChI is InChI=1S/C20H14ClN3S/c21-15-6-3-5-14(11-15)20-23-18(13-25-20)17-12-24(10-4-9-22)19-8-2-1-7-16(17)19/h1-3,5-8,11-13H,4,10H2. The molecule has 0 aliphatic rings. The van der Waals surface area contributed by atoms with Crippen LogP contribution >= 0.6 is 22.9 Å². The van der Waals surface area contributed by atoms with Crippen molar-refractivity contribution in [3.05, 3.63) is 65.1 Å². The van der Waals surface area contributed by atoms with Crippen molar-refractivity contribution in [1.82, 2.24) is 9.55 Å². The van der Waals surface area contributed by atoms with Gasteiger partial charge in [0.05, 0.1) is 18.2 Å². The molecule has 2 heterocycles. The van der Waals surface area contributed by atoms with Crippen LogP contribution in [-0.2, 0) is 6.54 Å². The van der Waals surface area contributed by atoms with Gasteiger partial charge in [-0.3, -0.25) is 0 Å². The molecule has 0 unspecified atom stereocenters. The Morgan fingerprint density at radius 3 is 2.88 bits per heavy atom. The molecule has 25 heavy (non-hydrogen) atoms. The topological polar surface area (TPSA) is 41.6 Å². The molecule has 0 fully saturated rings. The van der Waals surface area contributed by atoms with E-state index in [1.807, 2.05) is 36.4 Å². The van der Waals surface area contributed by atoms with Crippen molar-refractivity contribution in [3.63, 3.8) is 0 Å². The van der Waals surface area contributed by atoms with E-state index in [9.17, 15) is 0 Å². The lowest BCUT2D eigenvalue weighted by atomic mass is 10.1. The fourth-order valence-electron chi connectivity index (χ4n) is 2.96. The third kappa shape index (κ3) is 3.05. The molecule has 4 aromatic rings. The third-order valence-corrected chi connectivity index (χ3v) is 5.23. The number of thiazole rings is 1. The number of hydrogen-bond acceptors (Lipinski definition) is 3. The second-order valence-corrected chi connectivity index (χ2v) is 7.00. The average molecular weight is 364 g/mol. The maximum Gasteiger partial charge on any atom is 0.124 e. The van der Waals surface area contributed by atoms with Crippen LogP contribution in [0.2, 0.25) is 5.02 Å². The third-order valence-electron chi connectivity index (χ3n) is 4.10. The minimum Gasteiger partial charge on any atom is -0.346 e. The number of para-hydroxylation sites is 1. The first-order chi connectivity index (χ1) is 12.3. The Balaban J connectivity index is 1.79. The summed E-state index contributed by atoms with van der Waals surface area (Å²) in [4.78, 5) is 4.82. The largest absolute Gasteiger partial charge is 0.346 e. The van der Waals surface area contributed by atoms with Crippen molar-refractivity contribution in [2.75, 3.05) is 0 Å². The Labute approximate surface area is 154 Å². The molecule has 0 atom stereocenters. The Morgan fingerprint density at radius 2 is 2.04 bits per heavy atom. The molecule has 0 spiro atoms. The monoisotopic (exact) mass is 363 g/mol. The Bertz CT molecular complexity index is 1090. The normalized spacial score (nSPS) is 10.9. The summed E-state index contributed by atoms with van der Waals surface area (Å²) in [7, 11) is 0. The van der Waals surface area contributed by atoms with Crippen LogP contribution in [-0.4, -0.2) is 9.55 Å². The molecule has 0 amide bonds. The minimum absolute atomic E-state index is 0.489. The number of nitriles is 1. The smallest absolute Gasteiger partial charge is 0.124 e. The average Bonchev–Trinajstić information content (AvgIpc) is 3.25. The van der Waals surface area contributed by atoms with Crippen molar-refractivity contribution in [3.8, 4) is 27.9 Å². The van der Waals surface area contributed by atoms with E-state index in [2.05, 4.69) is 34.3 Å². The van der Waals surface area contributed by atoms with Gasteiger partial charge in [-0.05, 0) is 18.2 Å². The predicted molar refractivity (Wildman–Crippen MR) is 104 cm³/mol. The lowest BCUT2D eigenvalue weighted by Gasteiger charge is -2.00. The van der Waals surface area contributed by atoms with Gasteiger partial charge in [0.25, 0.3) is 0 Å². The van der Waals surface area contributed by atoms with Gasteiger partial charge in [0.15, 0.2) is 0 Å². The first kappa shape index (κ1) is 15.9. The Hall–Kier alpha value is -2.61. The van der Waals surface area contributed by atoms with E-state index < -0.39 is 0 Å². The summed E-state index contributed by atoms with van der Waals surface area (Å²) in [5, 5.41) is 13.8. The molecular formula is C20H14ClN3S. The summed E-state index contributed by atoms with van der Waals surface area (Å²) >= 11 is 7.71. The predicted octanol–water partition coefficient (Wildman–Crippen LogP) is 6.00. The highest BCUT2D eigenvalue weighted by Crippen LogP contribution is 2.34. The molecule has 4 rings (SSSR count). The first-order valence-electron chi connectivity index (χ1n) is 7.93. The van der Waals surface area contributed by atoms with Gasteiger partial charge >= 0.3 is 0 Å². The summed E-state index contributed by atoms with van der Waals surface area (Å²) in [5.74, 6) is 0. The van der Waals surface area contributed by atoms with Crippen LogP contribution in [0.1, 0.15) is 6.42 Å². The van der Waals surface area contributed by atoms with Crippen LogP contribution in [0.15, 0.2) is 60.1 Å². The maximum atomic E-state index is 8.89. The molecule has 3 nitrogen and oxygen atoms in total. The number of halogens is 1. The quantitative estimate of drug-likeness (QED) is 0.446. The number of aryl methyl sites for hydroxylation is 1. The van der Waals surface area contributed by atoms with Crippen LogP contribution in [0.3, 0.4) is 0 Å².